The molecule has 2 nitrogen and oxygen atoms in total. The van der Waals surface area contributed by atoms with E-state index in [0.29, 0.717) is 17.3 Å². The molecular formula is C31H37NO. The summed E-state index contributed by atoms with van der Waals surface area (Å²) in [5.41, 5.74) is 7.31. The van der Waals surface area contributed by atoms with E-state index in [1.54, 1.807) is 5.57 Å². The van der Waals surface area contributed by atoms with Crippen molar-refractivity contribution in [2.24, 2.45) is 29.1 Å². The summed E-state index contributed by atoms with van der Waals surface area (Å²) in [4.78, 5) is 11.5. The third-order valence-corrected chi connectivity index (χ3v) is 9.41. The van der Waals surface area contributed by atoms with E-state index in [9.17, 15) is 4.79 Å². The van der Waals surface area contributed by atoms with Crippen LogP contribution in [0.25, 0.3) is 0 Å². The smallest absolute Gasteiger partial charge is 0.143 e. The molecule has 1 aromatic rings. The lowest BCUT2D eigenvalue weighted by Gasteiger charge is -2.53. The summed E-state index contributed by atoms with van der Waals surface area (Å²) in [6.07, 6.45) is 15.4. The predicted octanol–water partition coefficient (Wildman–Crippen LogP) is 7.25. The Morgan fingerprint density at radius 2 is 1.85 bits per heavy atom. The Morgan fingerprint density at radius 1 is 1.09 bits per heavy atom. The highest BCUT2D eigenvalue weighted by Crippen LogP contribution is 2.68. The van der Waals surface area contributed by atoms with Gasteiger partial charge in [0.25, 0.3) is 0 Å². The van der Waals surface area contributed by atoms with Gasteiger partial charge in [-0.05, 0) is 115 Å². The summed E-state index contributed by atoms with van der Waals surface area (Å²) in [6.45, 7) is 4.91. The number of hydrogen-bond acceptors (Lipinski definition) is 2. The number of carbonyl (C=O) groups is 1. The summed E-state index contributed by atoms with van der Waals surface area (Å²) in [6, 6.07) is 8.84. The Kier molecular flexibility index (Phi) is 6.17. The summed E-state index contributed by atoms with van der Waals surface area (Å²) in [5.74, 6) is 9.58. The molecule has 5 atom stereocenters. The van der Waals surface area contributed by atoms with Crippen molar-refractivity contribution in [3.8, 4) is 11.8 Å². The maximum atomic E-state index is 11.5. The van der Waals surface area contributed by atoms with E-state index >= 15 is 0 Å². The van der Waals surface area contributed by atoms with Crippen LogP contribution in [-0.2, 0) is 4.79 Å². The van der Waals surface area contributed by atoms with E-state index in [-0.39, 0.29) is 0 Å². The molecule has 1 N–H and O–H groups in total. The van der Waals surface area contributed by atoms with Crippen molar-refractivity contribution in [2.45, 2.75) is 77.6 Å². The number of aldehydes is 1. The molecule has 3 fully saturated rings. The molecule has 0 bridgehead atoms. The highest BCUT2D eigenvalue weighted by atomic mass is 16.1. The van der Waals surface area contributed by atoms with E-state index < -0.39 is 0 Å². The first-order valence-electron chi connectivity index (χ1n) is 13.1. The molecule has 2 heteroatoms. The first kappa shape index (κ1) is 22.4. The summed E-state index contributed by atoms with van der Waals surface area (Å²) in [5, 5.41) is 7.18. The van der Waals surface area contributed by atoms with Crippen LogP contribution in [0, 0.1) is 46.3 Å². The SMILES string of the molecule is CCCC1=C2C(c3ccc(C#CC=N)cc3)CC3(C)C(C4CC4)CCC3C2CC/C1=C/C=O. The number of fused-ring (bicyclic) bond motifs is 3. The van der Waals surface area contributed by atoms with Gasteiger partial charge >= 0.3 is 0 Å². The number of benzene rings is 1. The van der Waals surface area contributed by atoms with Gasteiger partial charge in [0.05, 0.1) is 6.21 Å². The van der Waals surface area contributed by atoms with Crippen LogP contribution in [0.3, 0.4) is 0 Å². The molecule has 0 amide bonds. The average Bonchev–Trinajstić information content (AvgIpc) is 3.60. The number of rotatable bonds is 5. The summed E-state index contributed by atoms with van der Waals surface area (Å²) in [7, 11) is 0. The van der Waals surface area contributed by atoms with Gasteiger partial charge < -0.3 is 0 Å². The van der Waals surface area contributed by atoms with Crippen molar-refractivity contribution in [3.63, 3.8) is 0 Å². The van der Waals surface area contributed by atoms with Crippen LogP contribution in [0.1, 0.15) is 88.7 Å². The molecule has 4 aliphatic rings. The molecule has 4 aliphatic carbocycles. The van der Waals surface area contributed by atoms with Gasteiger partial charge in [-0.25, -0.2) is 0 Å². The van der Waals surface area contributed by atoms with Crippen molar-refractivity contribution in [2.75, 3.05) is 0 Å². The molecular weight excluding hydrogens is 402 g/mol. The van der Waals surface area contributed by atoms with Gasteiger partial charge in [0.1, 0.15) is 6.29 Å². The van der Waals surface area contributed by atoms with Gasteiger partial charge in [-0.1, -0.05) is 49.8 Å². The second-order valence-corrected chi connectivity index (χ2v) is 11.1. The minimum absolute atomic E-state index is 0.432. The molecule has 0 aromatic heterocycles. The highest BCUT2D eigenvalue weighted by Gasteiger charge is 2.58. The third-order valence-electron chi connectivity index (χ3n) is 9.41. The Morgan fingerprint density at radius 3 is 2.52 bits per heavy atom. The Labute approximate surface area is 199 Å². The van der Waals surface area contributed by atoms with E-state index in [4.69, 9.17) is 5.41 Å². The lowest BCUT2D eigenvalue weighted by Crippen LogP contribution is -2.43. The number of nitrogens with one attached hydrogen (secondary N) is 1. The van der Waals surface area contributed by atoms with Crippen molar-refractivity contribution >= 4 is 12.5 Å². The minimum atomic E-state index is 0.432. The molecule has 1 aromatic carbocycles. The van der Waals surface area contributed by atoms with Crippen LogP contribution in [0.4, 0.5) is 0 Å². The molecule has 33 heavy (non-hydrogen) atoms. The second-order valence-electron chi connectivity index (χ2n) is 11.1. The van der Waals surface area contributed by atoms with Crippen LogP contribution in [0.2, 0.25) is 0 Å². The van der Waals surface area contributed by atoms with E-state index in [1.807, 2.05) is 6.08 Å². The molecule has 0 aliphatic heterocycles. The molecule has 0 saturated heterocycles. The van der Waals surface area contributed by atoms with Crippen LogP contribution < -0.4 is 0 Å². The highest BCUT2D eigenvalue weighted by molar-refractivity contribution is 5.76. The zero-order valence-electron chi connectivity index (χ0n) is 20.2. The van der Waals surface area contributed by atoms with Crippen LogP contribution in [0.15, 0.2) is 47.1 Å². The third kappa shape index (κ3) is 3.95. The fourth-order valence-electron chi connectivity index (χ4n) is 8.03. The molecule has 3 saturated carbocycles. The average molecular weight is 440 g/mol. The largest absolute Gasteiger partial charge is 0.300 e. The van der Waals surface area contributed by atoms with E-state index in [0.717, 1.165) is 55.1 Å². The van der Waals surface area contributed by atoms with Gasteiger partial charge in [0.2, 0.25) is 0 Å². The van der Waals surface area contributed by atoms with Crippen molar-refractivity contribution in [1.29, 1.82) is 5.41 Å². The maximum Gasteiger partial charge on any atom is 0.143 e. The van der Waals surface area contributed by atoms with Crippen LogP contribution in [-0.4, -0.2) is 12.5 Å². The zero-order valence-corrected chi connectivity index (χ0v) is 20.2. The predicted molar refractivity (Wildman–Crippen MR) is 135 cm³/mol. The summed E-state index contributed by atoms with van der Waals surface area (Å²) >= 11 is 0. The van der Waals surface area contributed by atoms with Gasteiger partial charge in [0.15, 0.2) is 0 Å². The van der Waals surface area contributed by atoms with Gasteiger partial charge in [-0.15, -0.1) is 0 Å². The first-order chi connectivity index (χ1) is 16.1. The Hall–Kier alpha value is -2.40. The lowest BCUT2D eigenvalue weighted by molar-refractivity contribution is -0.104. The zero-order chi connectivity index (χ0) is 23.0. The van der Waals surface area contributed by atoms with Crippen molar-refractivity contribution in [1.82, 2.24) is 0 Å². The monoisotopic (exact) mass is 439 g/mol. The number of carbonyl (C=O) groups excluding carboxylic acids is 1. The van der Waals surface area contributed by atoms with Gasteiger partial charge in [0, 0.05) is 11.5 Å². The first-order valence-corrected chi connectivity index (χ1v) is 13.1. The Bertz CT molecular complexity index is 1040. The van der Waals surface area contributed by atoms with Crippen molar-refractivity contribution in [3.05, 3.63) is 58.2 Å². The standard InChI is InChI=1S/C31H37NO/c1-3-5-25-23(17-19-33)13-14-26-29-16-15-28(24-11-12-24)31(29,2)20-27(30(25)26)22-9-7-21(8-10-22)6-4-18-32/h7-10,17-19,24,26-29,32H,3,5,11-16,20H2,1-2H3/b23-17-,32-18?. The Balaban J connectivity index is 1.63. The summed E-state index contributed by atoms with van der Waals surface area (Å²) < 4.78 is 0. The van der Waals surface area contributed by atoms with Gasteiger partial charge in [-0.3, -0.25) is 10.2 Å². The molecule has 0 heterocycles. The maximum absolute atomic E-state index is 11.5. The number of hydrogen-bond donors (Lipinski definition) is 1. The topological polar surface area (TPSA) is 40.9 Å². The molecule has 0 radical (unpaired) electrons. The van der Waals surface area contributed by atoms with Crippen LogP contribution in [0.5, 0.6) is 0 Å². The van der Waals surface area contributed by atoms with Gasteiger partial charge in [-0.2, -0.15) is 0 Å². The number of allylic oxidation sites excluding steroid dienone is 4. The minimum Gasteiger partial charge on any atom is -0.300 e. The second kappa shape index (κ2) is 9.09. The fourth-order valence-corrected chi connectivity index (χ4v) is 8.03. The quantitative estimate of drug-likeness (QED) is 0.223. The molecule has 5 rings (SSSR count). The van der Waals surface area contributed by atoms with E-state index in [1.165, 1.54) is 55.2 Å². The van der Waals surface area contributed by atoms with Crippen molar-refractivity contribution < 1.29 is 4.79 Å². The van der Waals surface area contributed by atoms with E-state index in [2.05, 4.69) is 50.0 Å². The van der Waals surface area contributed by atoms with Crippen LogP contribution >= 0.6 is 0 Å². The molecule has 0 spiro atoms. The normalized spacial score (nSPS) is 34.3. The molecule has 5 unspecified atom stereocenters. The molecule has 172 valence electrons. The fraction of sp³-hybridized carbons (Fsp3) is 0.548. The lowest BCUT2D eigenvalue weighted by atomic mass is 9.52.